The minimum atomic E-state index is -1.03. The Bertz CT molecular complexity index is 627. The second-order valence-electron chi connectivity index (χ2n) is 4.35. The molecule has 2 rings (SSSR count). The first kappa shape index (κ1) is 15.0. The molecule has 0 bridgehead atoms. The highest BCUT2D eigenvalue weighted by atomic mass is 32.1. The molecule has 0 spiro atoms. The number of nitrogens with one attached hydrogen (secondary N) is 1. The van der Waals surface area contributed by atoms with Gasteiger partial charge in [-0.1, -0.05) is 30.3 Å². The van der Waals surface area contributed by atoms with Crippen molar-refractivity contribution >= 4 is 23.6 Å². The number of carbonyl (C=O) groups excluding carboxylic acids is 1. The maximum absolute atomic E-state index is 11.7. The van der Waals surface area contributed by atoms with Crippen molar-refractivity contribution in [3.63, 3.8) is 0 Å². The van der Waals surface area contributed by atoms with E-state index in [-0.39, 0.29) is 11.5 Å². The number of aromatic nitrogens is 1. The van der Waals surface area contributed by atoms with Crippen molar-refractivity contribution in [3.8, 4) is 0 Å². The number of nitrogens with zero attached hydrogens (tertiary/aromatic N) is 1. The summed E-state index contributed by atoms with van der Waals surface area (Å²) in [6.07, 6.45) is -0.573. The van der Waals surface area contributed by atoms with Crippen LogP contribution in [0, 0.1) is 0 Å². The molecule has 21 heavy (non-hydrogen) atoms. The summed E-state index contributed by atoms with van der Waals surface area (Å²) in [6, 6.07) is 10.3. The number of benzene rings is 1. The van der Waals surface area contributed by atoms with Crippen LogP contribution in [0.3, 0.4) is 0 Å². The smallest absolute Gasteiger partial charge is 0.407 e. The van der Waals surface area contributed by atoms with Gasteiger partial charge in [0.1, 0.15) is 11.5 Å². The van der Waals surface area contributed by atoms with Crippen LogP contribution < -0.4 is 5.32 Å². The number of carboxylic acid groups (broad SMARTS) is 1. The Morgan fingerprint density at radius 1 is 1.38 bits per heavy atom. The van der Waals surface area contributed by atoms with Crippen LogP contribution in [0.25, 0.3) is 0 Å². The molecular weight excluding hydrogens is 292 g/mol. The molecule has 110 valence electrons. The van der Waals surface area contributed by atoms with Gasteiger partial charge in [-0.15, -0.1) is 0 Å². The number of carboxylic acids is 1. The van der Waals surface area contributed by atoms with Gasteiger partial charge in [0.2, 0.25) is 0 Å². The third kappa shape index (κ3) is 4.28. The van der Waals surface area contributed by atoms with Crippen LogP contribution in [0.5, 0.6) is 0 Å². The lowest BCUT2D eigenvalue weighted by Gasteiger charge is -2.11. The summed E-state index contributed by atoms with van der Waals surface area (Å²) in [4.78, 5) is 22.6. The lowest BCUT2D eigenvalue weighted by atomic mass is 10.2. The molecule has 2 N–H and O–H groups in total. The molecule has 0 aliphatic rings. The zero-order valence-corrected chi connectivity index (χ0v) is 12.1. The fraction of sp³-hybridized carbons (Fsp3) is 0.214. The van der Waals surface area contributed by atoms with Crippen LogP contribution >= 0.6 is 11.5 Å². The number of aromatic carboxylic acids is 1. The maximum atomic E-state index is 11.7. The van der Waals surface area contributed by atoms with Crippen LogP contribution in [-0.2, 0) is 11.3 Å². The Balaban J connectivity index is 1.85. The van der Waals surface area contributed by atoms with Crippen LogP contribution in [0.4, 0.5) is 4.79 Å². The molecule has 1 aromatic carbocycles. The van der Waals surface area contributed by atoms with E-state index in [1.165, 1.54) is 6.07 Å². The van der Waals surface area contributed by atoms with Crippen LogP contribution in [-0.4, -0.2) is 21.5 Å². The molecule has 0 aliphatic carbocycles. The molecule has 0 saturated carbocycles. The summed E-state index contributed by atoms with van der Waals surface area (Å²) >= 11 is 0.882. The fourth-order valence-electron chi connectivity index (χ4n) is 1.61. The van der Waals surface area contributed by atoms with Gasteiger partial charge in [-0.25, -0.2) is 9.59 Å². The molecule has 1 aromatic heterocycles. The summed E-state index contributed by atoms with van der Waals surface area (Å²) in [6.45, 7) is 1.89. The van der Waals surface area contributed by atoms with Crippen molar-refractivity contribution in [2.75, 3.05) is 0 Å². The number of hydrogen-bond donors (Lipinski definition) is 2. The summed E-state index contributed by atoms with van der Waals surface area (Å²) in [7, 11) is 0. The van der Waals surface area contributed by atoms with Crippen molar-refractivity contribution in [2.45, 2.75) is 19.6 Å². The Hall–Kier alpha value is -2.41. The van der Waals surface area contributed by atoms with Crippen molar-refractivity contribution in [3.05, 3.63) is 52.5 Å². The quantitative estimate of drug-likeness (QED) is 0.886. The van der Waals surface area contributed by atoms with E-state index >= 15 is 0 Å². The average Bonchev–Trinajstić information content (AvgIpc) is 2.96. The van der Waals surface area contributed by atoms with Crippen molar-refractivity contribution in [1.82, 2.24) is 9.69 Å². The van der Waals surface area contributed by atoms with E-state index in [0.717, 1.165) is 17.1 Å². The fourth-order valence-corrected chi connectivity index (χ4v) is 2.28. The molecule has 0 fully saturated rings. The normalized spacial score (nSPS) is 11.7. The first-order valence-corrected chi connectivity index (χ1v) is 7.00. The molecule has 0 saturated heterocycles. The molecular formula is C14H14N2O4S. The van der Waals surface area contributed by atoms with E-state index in [2.05, 4.69) is 9.69 Å². The van der Waals surface area contributed by atoms with E-state index in [0.29, 0.717) is 5.69 Å². The van der Waals surface area contributed by atoms with Gasteiger partial charge in [-0.3, -0.25) is 0 Å². The Kier molecular flexibility index (Phi) is 4.89. The SMILES string of the molecule is C[C@@H](NC(=O)OCc1ccccc1)c1cc(C(=O)O)sn1. The van der Waals surface area contributed by atoms with Gasteiger partial charge in [-0.2, -0.15) is 4.37 Å². The molecule has 2 aromatic rings. The number of carbonyl (C=O) groups is 2. The predicted octanol–water partition coefficient (Wildman–Crippen LogP) is 2.83. The Labute approximate surface area is 125 Å². The number of hydrogen-bond acceptors (Lipinski definition) is 5. The minimum absolute atomic E-state index is 0.135. The van der Waals surface area contributed by atoms with E-state index < -0.39 is 18.1 Å². The highest BCUT2D eigenvalue weighted by Crippen LogP contribution is 2.16. The van der Waals surface area contributed by atoms with Gasteiger partial charge in [0.05, 0.1) is 11.7 Å². The first-order chi connectivity index (χ1) is 10.1. The molecule has 1 heterocycles. The van der Waals surface area contributed by atoms with E-state index in [4.69, 9.17) is 9.84 Å². The van der Waals surface area contributed by atoms with Gasteiger partial charge in [0.25, 0.3) is 0 Å². The van der Waals surface area contributed by atoms with Crippen LogP contribution in [0.2, 0.25) is 0 Å². The second-order valence-corrected chi connectivity index (χ2v) is 5.15. The lowest BCUT2D eigenvalue weighted by molar-refractivity contribution is 0.0702. The Morgan fingerprint density at radius 2 is 2.10 bits per heavy atom. The zero-order valence-electron chi connectivity index (χ0n) is 11.3. The zero-order chi connectivity index (χ0) is 15.2. The summed E-state index contributed by atoms with van der Waals surface area (Å²) in [5.41, 5.74) is 1.39. The molecule has 0 aliphatic heterocycles. The maximum Gasteiger partial charge on any atom is 0.407 e. The number of amides is 1. The monoisotopic (exact) mass is 306 g/mol. The number of ether oxygens (including phenoxy) is 1. The van der Waals surface area contributed by atoms with Crippen molar-refractivity contribution in [2.24, 2.45) is 0 Å². The highest BCUT2D eigenvalue weighted by Gasteiger charge is 2.16. The first-order valence-electron chi connectivity index (χ1n) is 6.23. The van der Waals surface area contributed by atoms with Crippen molar-refractivity contribution in [1.29, 1.82) is 0 Å². The predicted molar refractivity (Wildman–Crippen MR) is 77.3 cm³/mol. The number of alkyl carbamates (subject to hydrolysis) is 1. The van der Waals surface area contributed by atoms with E-state index in [1.807, 2.05) is 30.3 Å². The van der Waals surface area contributed by atoms with Crippen LogP contribution in [0.1, 0.15) is 33.9 Å². The van der Waals surface area contributed by atoms with Crippen LogP contribution in [0.15, 0.2) is 36.4 Å². The highest BCUT2D eigenvalue weighted by molar-refractivity contribution is 7.08. The molecule has 6 nitrogen and oxygen atoms in total. The van der Waals surface area contributed by atoms with Gasteiger partial charge in [0, 0.05) is 0 Å². The van der Waals surface area contributed by atoms with E-state index in [1.54, 1.807) is 6.92 Å². The summed E-state index contributed by atoms with van der Waals surface area (Å²) in [5, 5.41) is 11.4. The van der Waals surface area contributed by atoms with Gasteiger partial charge >= 0.3 is 12.1 Å². The molecule has 1 atom stereocenters. The summed E-state index contributed by atoms with van der Waals surface area (Å²) in [5.74, 6) is -1.03. The molecule has 0 radical (unpaired) electrons. The molecule has 7 heteroatoms. The van der Waals surface area contributed by atoms with Crippen molar-refractivity contribution < 1.29 is 19.4 Å². The summed E-state index contributed by atoms with van der Waals surface area (Å²) < 4.78 is 9.08. The average molecular weight is 306 g/mol. The largest absolute Gasteiger partial charge is 0.477 e. The molecule has 1 amide bonds. The second kappa shape index (κ2) is 6.85. The molecule has 0 unspecified atom stereocenters. The number of rotatable bonds is 5. The van der Waals surface area contributed by atoms with Gasteiger partial charge < -0.3 is 15.2 Å². The topological polar surface area (TPSA) is 88.5 Å². The lowest BCUT2D eigenvalue weighted by Crippen LogP contribution is -2.27. The minimum Gasteiger partial charge on any atom is -0.477 e. The van der Waals surface area contributed by atoms with E-state index in [9.17, 15) is 9.59 Å². The Morgan fingerprint density at radius 3 is 2.71 bits per heavy atom. The standard InChI is InChI=1S/C14H14N2O4S/c1-9(11-7-12(13(17)18)21-16-11)15-14(19)20-8-10-5-3-2-4-6-10/h2-7,9H,8H2,1H3,(H,15,19)(H,17,18)/t9-/m1/s1. The third-order valence-electron chi connectivity index (χ3n) is 2.73. The van der Waals surface area contributed by atoms with Gasteiger partial charge in [0.15, 0.2) is 0 Å². The third-order valence-corrected chi connectivity index (χ3v) is 3.52. The van der Waals surface area contributed by atoms with Gasteiger partial charge in [-0.05, 0) is 30.1 Å².